The van der Waals surface area contributed by atoms with E-state index in [0.29, 0.717) is 36.7 Å². The third kappa shape index (κ3) is 3.56. The number of amides is 2. The van der Waals surface area contributed by atoms with Gasteiger partial charge in [0.05, 0.1) is 5.56 Å². The van der Waals surface area contributed by atoms with Gasteiger partial charge in [-0.05, 0) is 30.9 Å². The minimum absolute atomic E-state index is 0.0265. The average molecular weight is 364 g/mol. The van der Waals surface area contributed by atoms with Crippen molar-refractivity contribution in [2.75, 3.05) is 19.6 Å². The number of fused-ring (bicyclic) bond motifs is 4. The summed E-state index contributed by atoms with van der Waals surface area (Å²) in [5.41, 5.74) is 1.24. The second-order valence-electron chi connectivity index (χ2n) is 7.37. The van der Waals surface area contributed by atoms with Crippen LogP contribution in [0.5, 0.6) is 0 Å². The van der Waals surface area contributed by atoms with Gasteiger partial charge in [-0.1, -0.05) is 25.1 Å². The molecule has 6 nitrogen and oxygen atoms in total. The average Bonchev–Trinajstić information content (AvgIpc) is 3.05. The summed E-state index contributed by atoms with van der Waals surface area (Å²) in [6.07, 6.45) is 5.99. The molecule has 3 aliphatic heterocycles. The summed E-state index contributed by atoms with van der Waals surface area (Å²) < 4.78 is 0. The molecule has 5 rings (SSSR count). The lowest BCUT2D eigenvalue weighted by Crippen LogP contribution is -2.47. The van der Waals surface area contributed by atoms with E-state index in [1.807, 2.05) is 47.1 Å². The van der Waals surface area contributed by atoms with Gasteiger partial charge in [0.1, 0.15) is 5.82 Å². The standard InChI is InChI=1S/C21H24N4O2/c1-2-19-22-10-17(11-23-19)21(27)25-13-15-8-9-18(25)14-24(12-15)20(26)16-6-4-3-5-7-16/h3-7,10-11,15,18H,2,8-9,12-14H2,1H3/t15-,18+/m0/s1. The fraction of sp³-hybridized carbons (Fsp3) is 0.429. The molecule has 3 aliphatic rings. The van der Waals surface area contributed by atoms with E-state index < -0.39 is 0 Å². The van der Waals surface area contributed by atoms with Crippen molar-refractivity contribution < 1.29 is 9.59 Å². The predicted molar refractivity (Wildman–Crippen MR) is 101 cm³/mol. The zero-order valence-corrected chi connectivity index (χ0v) is 15.5. The topological polar surface area (TPSA) is 66.4 Å². The molecular formula is C21H24N4O2. The highest BCUT2D eigenvalue weighted by Gasteiger charge is 2.39. The normalized spacial score (nSPS) is 21.8. The molecule has 2 aromatic rings. The minimum Gasteiger partial charge on any atom is -0.336 e. The van der Waals surface area contributed by atoms with E-state index in [2.05, 4.69) is 9.97 Å². The molecule has 0 aliphatic carbocycles. The second-order valence-corrected chi connectivity index (χ2v) is 7.37. The van der Waals surface area contributed by atoms with Crippen molar-refractivity contribution >= 4 is 11.8 Å². The van der Waals surface area contributed by atoms with Crippen molar-refractivity contribution in [3.8, 4) is 0 Å². The number of hydrogen-bond acceptors (Lipinski definition) is 4. The van der Waals surface area contributed by atoms with E-state index in [1.54, 1.807) is 12.4 Å². The number of carbonyl (C=O) groups excluding carboxylic acids is 2. The second kappa shape index (κ2) is 7.47. The zero-order chi connectivity index (χ0) is 18.8. The van der Waals surface area contributed by atoms with Gasteiger partial charge in [-0.15, -0.1) is 0 Å². The molecule has 2 atom stereocenters. The van der Waals surface area contributed by atoms with Crippen molar-refractivity contribution in [3.05, 3.63) is 59.7 Å². The molecular weight excluding hydrogens is 340 g/mol. The molecule has 0 unspecified atom stereocenters. The molecule has 2 bridgehead atoms. The van der Waals surface area contributed by atoms with Crippen LogP contribution in [0.25, 0.3) is 0 Å². The number of nitrogens with zero attached hydrogens (tertiary/aromatic N) is 4. The highest BCUT2D eigenvalue weighted by molar-refractivity contribution is 5.95. The van der Waals surface area contributed by atoms with E-state index in [1.165, 1.54) is 0 Å². The van der Waals surface area contributed by atoms with Gasteiger partial charge in [0.15, 0.2) is 0 Å². The highest BCUT2D eigenvalue weighted by atomic mass is 16.2. The van der Waals surface area contributed by atoms with E-state index in [0.717, 1.165) is 25.1 Å². The molecule has 4 heterocycles. The van der Waals surface area contributed by atoms with Gasteiger partial charge in [0.25, 0.3) is 11.8 Å². The number of benzene rings is 1. The van der Waals surface area contributed by atoms with Gasteiger partial charge < -0.3 is 9.80 Å². The van der Waals surface area contributed by atoms with Gasteiger partial charge in [-0.2, -0.15) is 0 Å². The smallest absolute Gasteiger partial charge is 0.257 e. The molecule has 3 saturated heterocycles. The van der Waals surface area contributed by atoms with Crippen molar-refractivity contribution in [2.45, 2.75) is 32.2 Å². The summed E-state index contributed by atoms with van der Waals surface area (Å²) in [5, 5.41) is 0. The van der Waals surface area contributed by atoms with E-state index in [9.17, 15) is 9.59 Å². The van der Waals surface area contributed by atoms with Crippen molar-refractivity contribution in [1.29, 1.82) is 0 Å². The Bertz CT molecular complexity index is 822. The van der Waals surface area contributed by atoms with Gasteiger partial charge in [0, 0.05) is 50.1 Å². The first-order chi connectivity index (χ1) is 13.2. The summed E-state index contributed by atoms with van der Waals surface area (Å²) in [6.45, 7) is 3.98. The Morgan fingerprint density at radius 1 is 0.963 bits per heavy atom. The molecule has 1 aromatic heterocycles. The van der Waals surface area contributed by atoms with Crippen LogP contribution in [0, 0.1) is 5.92 Å². The summed E-state index contributed by atoms with van der Waals surface area (Å²) in [7, 11) is 0. The third-order valence-electron chi connectivity index (χ3n) is 5.55. The van der Waals surface area contributed by atoms with Crippen LogP contribution >= 0.6 is 0 Å². The molecule has 6 heteroatoms. The van der Waals surface area contributed by atoms with E-state index in [4.69, 9.17) is 0 Å². The Morgan fingerprint density at radius 2 is 1.70 bits per heavy atom. The van der Waals surface area contributed by atoms with Crippen LogP contribution in [-0.4, -0.2) is 57.3 Å². The van der Waals surface area contributed by atoms with Crippen LogP contribution in [0.4, 0.5) is 0 Å². The molecule has 1 aromatic carbocycles. The Kier molecular flexibility index (Phi) is 4.88. The quantitative estimate of drug-likeness (QED) is 0.839. The number of aromatic nitrogens is 2. The van der Waals surface area contributed by atoms with Crippen LogP contribution in [0.2, 0.25) is 0 Å². The maximum atomic E-state index is 13.0. The molecule has 0 spiro atoms. The minimum atomic E-state index is -0.0265. The molecule has 27 heavy (non-hydrogen) atoms. The zero-order valence-electron chi connectivity index (χ0n) is 15.5. The van der Waals surface area contributed by atoms with Gasteiger partial charge in [-0.25, -0.2) is 9.97 Å². The third-order valence-corrected chi connectivity index (χ3v) is 5.55. The van der Waals surface area contributed by atoms with Crippen LogP contribution in [-0.2, 0) is 6.42 Å². The maximum Gasteiger partial charge on any atom is 0.257 e. The van der Waals surface area contributed by atoms with Crippen LogP contribution in [0.15, 0.2) is 42.7 Å². The first-order valence-electron chi connectivity index (χ1n) is 9.62. The Hall–Kier alpha value is -2.76. The van der Waals surface area contributed by atoms with Crippen LogP contribution in [0.3, 0.4) is 0 Å². The predicted octanol–water partition coefficient (Wildman–Crippen LogP) is 2.42. The molecule has 3 fully saturated rings. The highest BCUT2D eigenvalue weighted by Crippen LogP contribution is 2.29. The van der Waals surface area contributed by atoms with Gasteiger partial charge >= 0.3 is 0 Å². The Morgan fingerprint density at radius 3 is 2.41 bits per heavy atom. The molecule has 140 valence electrons. The number of hydrogen-bond donors (Lipinski definition) is 0. The number of carbonyl (C=O) groups is 2. The number of aryl methyl sites for hydroxylation is 1. The maximum absolute atomic E-state index is 13.0. The van der Waals surface area contributed by atoms with Gasteiger partial charge in [-0.3, -0.25) is 9.59 Å². The Labute approximate surface area is 159 Å². The summed E-state index contributed by atoms with van der Waals surface area (Å²) in [4.78, 5) is 38.3. The van der Waals surface area contributed by atoms with Crippen molar-refractivity contribution in [3.63, 3.8) is 0 Å². The SMILES string of the molecule is CCc1ncc(C(=O)N2C[C@H]3CC[C@@H]2CN(C(=O)c2ccccc2)C3)cn1. The molecule has 0 radical (unpaired) electrons. The lowest BCUT2D eigenvalue weighted by Gasteiger charge is -2.36. The van der Waals surface area contributed by atoms with Crippen LogP contribution in [0.1, 0.15) is 46.3 Å². The molecule has 0 N–H and O–H groups in total. The lowest BCUT2D eigenvalue weighted by atomic mass is 9.94. The summed E-state index contributed by atoms with van der Waals surface area (Å²) in [6, 6.07) is 9.44. The fourth-order valence-electron chi connectivity index (χ4n) is 4.07. The largest absolute Gasteiger partial charge is 0.336 e. The molecule has 0 saturated carbocycles. The Balaban J connectivity index is 1.52. The van der Waals surface area contributed by atoms with Crippen molar-refractivity contribution in [1.82, 2.24) is 19.8 Å². The van der Waals surface area contributed by atoms with E-state index >= 15 is 0 Å². The summed E-state index contributed by atoms with van der Waals surface area (Å²) in [5.74, 6) is 1.08. The van der Waals surface area contributed by atoms with Crippen LogP contribution < -0.4 is 0 Å². The summed E-state index contributed by atoms with van der Waals surface area (Å²) >= 11 is 0. The molecule has 2 amide bonds. The van der Waals surface area contributed by atoms with E-state index in [-0.39, 0.29) is 17.9 Å². The number of piperidine rings is 1. The monoisotopic (exact) mass is 364 g/mol. The number of rotatable bonds is 3. The fourth-order valence-corrected chi connectivity index (χ4v) is 4.07. The first-order valence-corrected chi connectivity index (χ1v) is 9.62. The van der Waals surface area contributed by atoms with Gasteiger partial charge in [0.2, 0.25) is 0 Å². The lowest BCUT2D eigenvalue weighted by molar-refractivity contribution is 0.0573. The van der Waals surface area contributed by atoms with Crippen molar-refractivity contribution in [2.24, 2.45) is 5.92 Å². The first kappa shape index (κ1) is 17.6.